The van der Waals surface area contributed by atoms with Gasteiger partial charge in [-0.05, 0) is 63.9 Å². The van der Waals surface area contributed by atoms with E-state index >= 15 is 0 Å². The first kappa shape index (κ1) is 11.6. The van der Waals surface area contributed by atoms with Crippen molar-refractivity contribution >= 4 is 5.78 Å². The number of allylic oxidation sites excluding steroid dienone is 4. The molecule has 0 bridgehead atoms. The maximum absolute atomic E-state index is 12.4. The molecule has 16 heavy (non-hydrogen) atoms. The molecule has 0 radical (unpaired) electrons. The monoisotopic (exact) mass is 218 g/mol. The first-order valence-electron chi connectivity index (χ1n) is 6.43. The molecule has 1 heteroatoms. The fourth-order valence-electron chi connectivity index (χ4n) is 3.20. The molecule has 2 atom stereocenters. The molecule has 0 N–H and O–H groups in total. The molecule has 0 saturated heterocycles. The highest BCUT2D eigenvalue weighted by Crippen LogP contribution is 2.44. The van der Waals surface area contributed by atoms with Crippen LogP contribution in [0, 0.1) is 11.8 Å². The largest absolute Gasteiger partial charge is 0.289 e. The Morgan fingerprint density at radius 2 is 2.00 bits per heavy atom. The van der Waals surface area contributed by atoms with Crippen LogP contribution in [0.1, 0.15) is 53.4 Å². The summed E-state index contributed by atoms with van der Waals surface area (Å²) in [6.45, 7) is 8.61. The number of fused-ring (bicyclic) bond motifs is 1. The van der Waals surface area contributed by atoms with E-state index in [4.69, 9.17) is 0 Å². The second-order valence-corrected chi connectivity index (χ2v) is 5.68. The predicted molar refractivity (Wildman–Crippen MR) is 67.2 cm³/mol. The van der Waals surface area contributed by atoms with Crippen molar-refractivity contribution < 1.29 is 4.79 Å². The Balaban J connectivity index is 2.47. The van der Waals surface area contributed by atoms with E-state index in [-0.39, 0.29) is 0 Å². The normalized spacial score (nSPS) is 30.5. The summed E-state index contributed by atoms with van der Waals surface area (Å²) in [5, 5.41) is 0. The molecule has 2 aliphatic carbocycles. The lowest BCUT2D eigenvalue weighted by atomic mass is 9.87. The minimum atomic E-state index is 0.358. The van der Waals surface area contributed by atoms with Crippen molar-refractivity contribution in [3.8, 4) is 0 Å². The van der Waals surface area contributed by atoms with Crippen molar-refractivity contribution in [1.29, 1.82) is 0 Å². The third kappa shape index (κ3) is 1.77. The van der Waals surface area contributed by atoms with E-state index in [1.807, 2.05) is 0 Å². The van der Waals surface area contributed by atoms with E-state index in [2.05, 4.69) is 27.7 Å². The van der Waals surface area contributed by atoms with Gasteiger partial charge in [0.25, 0.3) is 0 Å². The fraction of sp³-hybridized carbons (Fsp3) is 0.667. The second kappa shape index (κ2) is 4.20. The summed E-state index contributed by atoms with van der Waals surface area (Å²) in [4.78, 5) is 12.4. The highest BCUT2D eigenvalue weighted by atomic mass is 16.1. The Morgan fingerprint density at radius 1 is 1.31 bits per heavy atom. The lowest BCUT2D eigenvalue weighted by Gasteiger charge is -2.17. The van der Waals surface area contributed by atoms with Gasteiger partial charge in [-0.15, -0.1) is 0 Å². The quantitative estimate of drug-likeness (QED) is 0.561. The smallest absolute Gasteiger partial charge is 0.185 e. The van der Waals surface area contributed by atoms with Crippen LogP contribution >= 0.6 is 0 Å². The summed E-state index contributed by atoms with van der Waals surface area (Å²) in [6, 6.07) is 0. The third-order valence-corrected chi connectivity index (χ3v) is 4.28. The molecule has 0 aliphatic heterocycles. The van der Waals surface area contributed by atoms with Gasteiger partial charge >= 0.3 is 0 Å². The minimum absolute atomic E-state index is 0.358. The lowest BCUT2D eigenvalue weighted by Crippen LogP contribution is -2.10. The standard InChI is InChI=1S/C15H22O/c1-9(2)12-8-13-10(3)6-5-7-11(4)14(13)15(12)16/h10,13H,5-8H2,1-4H3. The van der Waals surface area contributed by atoms with Gasteiger partial charge in [-0.25, -0.2) is 0 Å². The Morgan fingerprint density at radius 3 is 2.62 bits per heavy atom. The summed E-state index contributed by atoms with van der Waals surface area (Å²) >= 11 is 0. The van der Waals surface area contributed by atoms with Crippen LogP contribution in [0.3, 0.4) is 0 Å². The van der Waals surface area contributed by atoms with Gasteiger partial charge in [0.1, 0.15) is 0 Å². The van der Waals surface area contributed by atoms with Gasteiger partial charge in [0.05, 0.1) is 0 Å². The highest BCUT2D eigenvalue weighted by molar-refractivity contribution is 6.12. The van der Waals surface area contributed by atoms with Crippen molar-refractivity contribution in [1.82, 2.24) is 0 Å². The molecule has 0 spiro atoms. The summed E-state index contributed by atoms with van der Waals surface area (Å²) in [5.74, 6) is 1.55. The molecule has 0 aromatic carbocycles. The number of carbonyl (C=O) groups is 1. The predicted octanol–water partition coefficient (Wildman–Crippen LogP) is 4.05. The topological polar surface area (TPSA) is 17.1 Å². The van der Waals surface area contributed by atoms with Crippen molar-refractivity contribution in [3.63, 3.8) is 0 Å². The Kier molecular flexibility index (Phi) is 3.05. The molecule has 88 valence electrons. The van der Waals surface area contributed by atoms with Crippen LogP contribution in [-0.2, 0) is 4.79 Å². The van der Waals surface area contributed by atoms with Crippen LogP contribution in [0.15, 0.2) is 22.3 Å². The Labute approximate surface area is 98.6 Å². The molecule has 0 amide bonds. The average Bonchev–Trinajstić information content (AvgIpc) is 2.48. The highest BCUT2D eigenvalue weighted by Gasteiger charge is 2.38. The number of carbonyl (C=O) groups excluding carboxylic acids is 1. The van der Waals surface area contributed by atoms with Gasteiger partial charge in [-0.2, -0.15) is 0 Å². The zero-order valence-electron chi connectivity index (χ0n) is 10.9. The zero-order chi connectivity index (χ0) is 11.9. The summed E-state index contributed by atoms with van der Waals surface area (Å²) < 4.78 is 0. The van der Waals surface area contributed by atoms with Crippen LogP contribution in [0.5, 0.6) is 0 Å². The van der Waals surface area contributed by atoms with Crippen LogP contribution in [-0.4, -0.2) is 5.78 Å². The van der Waals surface area contributed by atoms with Gasteiger partial charge in [0.2, 0.25) is 0 Å². The van der Waals surface area contributed by atoms with Crippen LogP contribution in [0.2, 0.25) is 0 Å². The number of Topliss-reactive ketones (excluding diaryl/α,β-unsaturated/α-hetero) is 1. The number of hydrogen-bond donors (Lipinski definition) is 0. The van der Waals surface area contributed by atoms with Crippen molar-refractivity contribution in [3.05, 3.63) is 22.3 Å². The number of ketones is 1. The molecule has 0 heterocycles. The van der Waals surface area contributed by atoms with E-state index in [1.165, 1.54) is 29.6 Å². The molecule has 1 fully saturated rings. The van der Waals surface area contributed by atoms with Crippen LogP contribution < -0.4 is 0 Å². The summed E-state index contributed by atoms with van der Waals surface area (Å²) in [7, 11) is 0. The number of rotatable bonds is 0. The first-order chi connectivity index (χ1) is 7.52. The van der Waals surface area contributed by atoms with Crippen molar-refractivity contribution in [2.24, 2.45) is 11.8 Å². The Bertz CT molecular complexity index is 380. The average molecular weight is 218 g/mol. The third-order valence-electron chi connectivity index (χ3n) is 4.28. The molecule has 1 nitrogen and oxygen atoms in total. The van der Waals surface area contributed by atoms with Gasteiger partial charge < -0.3 is 0 Å². The summed E-state index contributed by atoms with van der Waals surface area (Å²) in [6.07, 6.45) is 4.65. The number of hydrogen-bond acceptors (Lipinski definition) is 1. The minimum Gasteiger partial charge on any atom is -0.289 e. The van der Waals surface area contributed by atoms with E-state index in [0.717, 1.165) is 18.4 Å². The van der Waals surface area contributed by atoms with Crippen molar-refractivity contribution in [2.75, 3.05) is 0 Å². The molecule has 0 aromatic rings. The van der Waals surface area contributed by atoms with Crippen LogP contribution in [0.25, 0.3) is 0 Å². The molecule has 2 rings (SSSR count). The molecular weight excluding hydrogens is 196 g/mol. The fourth-order valence-corrected chi connectivity index (χ4v) is 3.20. The van der Waals surface area contributed by atoms with Gasteiger partial charge in [0, 0.05) is 5.57 Å². The molecule has 2 unspecified atom stereocenters. The van der Waals surface area contributed by atoms with Gasteiger partial charge in [-0.3, -0.25) is 4.79 Å². The molecule has 2 aliphatic rings. The molecular formula is C15H22O. The van der Waals surface area contributed by atoms with Gasteiger partial charge in [0.15, 0.2) is 5.78 Å². The van der Waals surface area contributed by atoms with E-state index < -0.39 is 0 Å². The first-order valence-corrected chi connectivity index (χ1v) is 6.43. The zero-order valence-corrected chi connectivity index (χ0v) is 10.9. The van der Waals surface area contributed by atoms with Gasteiger partial charge in [-0.1, -0.05) is 18.1 Å². The van der Waals surface area contributed by atoms with Crippen LogP contribution in [0.4, 0.5) is 0 Å². The summed E-state index contributed by atoms with van der Waals surface area (Å²) in [5.41, 5.74) is 4.83. The molecule has 0 aromatic heterocycles. The van der Waals surface area contributed by atoms with E-state index in [9.17, 15) is 4.79 Å². The SMILES string of the molecule is CC(C)=C1CC2C(=C(C)CCCC2C)C1=O. The maximum atomic E-state index is 12.4. The van der Waals surface area contributed by atoms with E-state index in [0.29, 0.717) is 17.6 Å². The lowest BCUT2D eigenvalue weighted by molar-refractivity contribution is -0.111. The van der Waals surface area contributed by atoms with E-state index in [1.54, 1.807) is 0 Å². The maximum Gasteiger partial charge on any atom is 0.185 e. The second-order valence-electron chi connectivity index (χ2n) is 5.68. The van der Waals surface area contributed by atoms with Crippen molar-refractivity contribution in [2.45, 2.75) is 53.4 Å². The Hall–Kier alpha value is -0.850. The molecule has 1 saturated carbocycles.